The van der Waals surface area contributed by atoms with E-state index in [4.69, 9.17) is 11.6 Å². The van der Waals surface area contributed by atoms with Crippen molar-refractivity contribution in [1.29, 1.82) is 0 Å². The van der Waals surface area contributed by atoms with Crippen molar-refractivity contribution in [3.63, 3.8) is 0 Å². The lowest BCUT2D eigenvalue weighted by molar-refractivity contribution is -0.118. The Morgan fingerprint density at radius 1 is 1.17 bits per heavy atom. The van der Waals surface area contributed by atoms with E-state index in [-0.39, 0.29) is 17.7 Å². The summed E-state index contributed by atoms with van der Waals surface area (Å²) in [5.74, 6) is -0.334. The van der Waals surface area contributed by atoms with Crippen LogP contribution in [0.5, 0.6) is 0 Å². The van der Waals surface area contributed by atoms with Crippen molar-refractivity contribution in [3.05, 3.63) is 80.4 Å². The Labute approximate surface area is 181 Å². The summed E-state index contributed by atoms with van der Waals surface area (Å²) in [7, 11) is 1.79. The van der Waals surface area contributed by atoms with Crippen molar-refractivity contribution >= 4 is 45.2 Å². The number of aryl methyl sites for hydroxylation is 2. The zero-order valence-electron chi connectivity index (χ0n) is 15.7. The summed E-state index contributed by atoms with van der Waals surface area (Å²) in [5, 5.41) is 10.8. The number of aromatic nitrogens is 2. The van der Waals surface area contributed by atoms with E-state index in [0.717, 1.165) is 21.3 Å². The molecule has 1 aliphatic rings. The van der Waals surface area contributed by atoms with Gasteiger partial charge in [-0.25, -0.2) is 0 Å². The molecule has 1 aliphatic heterocycles. The number of carbonyl (C=O) groups excluding carboxylic acids is 2. The van der Waals surface area contributed by atoms with Crippen LogP contribution in [0, 0.1) is 6.92 Å². The third-order valence-electron chi connectivity index (χ3n) is 5.06. The fourth-order valence-corrected chi connectivity index (χ4v) is 4.10. The van der Waals surface area contributed by atoms with Crippen molar-refractivity contribution < 1.29 is 9.59 Å². The standard InChI is InChI=1S/C21H18BrClN4O2/c1-11-16-17(12-3-7-14(22)8-4-12)18(21(29)25-19(16)27(2)26-11)24-20(28)13-5-9-15(23)10-6-13/h3-10,17-18H,1-2H3,(H,24,28)(H,25,29)/t17-,18+/m0/s1. The van der Waals surface area contributed by atoms with Crippen LogP contribution < -0.4 is 10.6 Å². The molecule has 3 aromatic rings. The zero-order chi connectivity index (χ0) is 20.7. The minimum Gasteiger partial charge on any atom is -0.339 e. The van der Waals surface area contributed by atoms with Gasteiger partial charge in [-0.15, -0.1) is 0 Å². The number of nitrogens with zero attached hydrogens (tertiary/aromatic N) is 2. The van der Waals surface area contributed by atoms with Crippen LogP contribution in [-0.2, 0) is 11.8 Å². The predicted molar refractivity (Wildman–Crippen MR) is 115 cm³/mol. The average Bonchev–Trinajstić information content (AvgIpc) is 2.97. The molecule has 0 saturated heterocycles. The molecule has 2 aromatic carbocycles. The Morgan fingerprint density at radius 3 is 2.48 bits per heavy atom. The van der Waals surface area contributed by atoms with E-state index in [0.29, 0.717) is 16.4 Å². The highest BCUT2D eigenvalue weighted by Gasteiger charge is 2.41. The molecule has 0 aliphatic carbocycles. The van der Waals surface area contributed by atoms with Crippen molar-refractivity contribution in [2.24, 2.45) is 7.05 Å². The molecule has 1 aromatic heterocycles. The number of benzene rings is 2. The van der Waals surface area contributed by atoms with Gasteiger partial charge in [0.15, 0.2) is 0 Å². The molecule has 8 heteroatoms. The van der Waals surface area contributed by atoms with Crippen molar-refractivity contribution in [2.45, 2.75) is 18.9 Å². The maximum absolute atomic E-state index is 13.0. The summed E-state index contributed by atoms with van der Waals surface area (Å²) in [6, 6.07) is 13.5. The molecule has 0 spiro atoms. The smallest absolute Gasteiger partial charge is 0.251 e. The molecular formula is C21H18BrClN4O2. The minimum absolute atomic E-state index is 0.282. The number of amides is 2. The molecule has 0 radical (unpaired) electrons. The third kappa shape index (κ3) is 3.68. The zero-order valence-corrected chi connectivity index (χ0v) is 18.1. The monoisotopic (exact) mass is 472 g/mol. The van der Waals surface area contributed by atoms with Crippen LogP contribution >= 0.6 is 27.5 Å². The molecule has 0 bridgehead atoms. The SMILES string of the molecule is Cc1nn(C)c2c1[C@H](c1ccc(Br)cc1)[C@@H](NC(=O)c1ccc(Cl)cc1)C(=O)N2. The van der Waals surface area contributed by atoms with E-state index in [1.165, 1.54) is 0 Å². The van der Waals surface area contributed by atoms with Gasteiger partial charge < -0.3 is 10.6 Å². The maximum Gasteiger partial charge on any atom is 0.251 e. The molecule has 0 fully saturated rings. The van der Waals surface area contributed by atoms with Crippen LogP contribution in [0.25, 0.3) is 0 Å². The highest BCUT2D eigenvalue weighted by molar-refractivity contribution is 9.10. The van der Waals surface area contributed by atoms with E-state index in [1.54, 1.807) is 36.0 Å². The van der Waals surface area contributed by atoms with Gasteiger partial charge in [0.25, 0.3) is 5.91 Å². The largest absolute Gasteiger partial charge is 0.339 e. The van der Waals surface area contributed by atoms with Crippen LogP contribution in [-0.4, -0.2) is 27.6 Å². The van der Waals surface area contributed by atoms with Crippen LogP contribution in [0.2, 0.25) is 5.02 Å². The summed E-state index contributed by atoms with van der Waals surface area (Å²) < 4.78 is 2.59. The normalized spacial score (nSPS) is 18.1. The maximum atomic E-state index is 13.0. The first-order valence-corrected chi connectivity index (χ1v) is 10.2. The third-order valence-corrected chi connectivity index (χ3v) is 5.84. The molecule has 148 valence electrons. The Kier molecular flexibility index (Phi) is 5.19. The van der Waals surface area contributed by atoms with E-state index in [2.05, 4.69) is 31.7 Å². The Bertz CT molecular complexity index is 1090. The first-order chi connectivity index (χ1) is 13.8. The van der Waals surface area contributed by atoms with Gasteiger partial charge >= 0.3 is 0 Å². The molecule has 4 rings (SSSR count). The summed E-state index contributed by atoms with van der Waals surface area (Å²) in [6.45, 7) is 1.90. The van der Waals surface area contributed by atoms with Gasteiger partial charge in [-0.2, -0.15) is 5.10 Å². The van der Waals surface area contributed by atoms with Crippen LogP contribution in [0.4, 0.5) is 5.82 Å². The van der Waals surface area contributed by atoms with Crippen molar-refractivity contribution in [1.82, 2.24) is 15.1 Å². The quantitative estimate of drug-likeness (QED) is 0.603. The van der Waals surface area contributed by atoms with Gasteiger partial charge in [0.05, 0.1) is 5.69 Å². The summed E-state index contributed by atoms with van der Waals surface area (Å²) in [4.78, 5) is 25.8. The molecule has 2 N–H and O–H groups in total. The molecule has 2 atom stereocenters. The fourth-order valence-electron chi connectivity index (χ4n) is 3.71. The Morgan fingerprint density at radius 2 is 1.83 bits per heavy atom. The number of nitrogens with one attached hydrogen (secondary N) is 2. The van der Waals surface area contributed by atoms with E-state index in [9.17, 15) is 9.59 Å². The molecule has 0 unspecified atom stereocenters. The lowest BCUT2D eigenvalue weighted by atomic mass is 9.82. The number of halogens is 2. The van der Waals surface area contributed by atoms with Crippen molar-refractivity contribution in [2.75, 3.05) is 5.32 Å². The number of hydrogen-bond acceptors (Lipinski definition) is 3. The number of rotatable bonds is 3. The number of carbonyl (C=O) groups is 2. The second-order valence-electron chi connectivity index (χ2n) is 6.95. The van der Waals surface area contributed by atoms with Crippen molar-refractivity contribution in [3.8, 4) is 0 Å². The van der Waals surface area contributed by atoms with E-state index in [1.807, 2.05) is 31.2 Å². The molecular weight excluding hydrogens is 456 g/mol. The van der Waals surface area contributed by atoms with Gasteiger partial charge in [0, 0.05) is 33.6 Å². The van der Waals surface area contributed by atoms with Crippen LogP contribution in [0.3, 0.4) is 0 Å². The molecule has 2 amide bonds. The van der Waals surface area contributed by atoms with Gasteiger partial charge in [0.1, 0.15) is 11.9 Å². The number of hydrogen-bond donors (Lipinski definition) is 2. The van der Waals surface area contributed by atoms with Gasteiger partial charge in [-0.1, -0.05) is 39.7 Å². The number of anilines is 1. The second-order valence-corrected chi connectivity index (χ2v) is 8.30. The predicted octanol–water partition coefficient (Wildman–Crippen LogP) is 4.03. The summed E-state index contributed by atoms with van der Waals surface area (Å²) >= 11 is 9.36. The highest BCUT2D eigenvalue weighted by atomic mass is 79.9. The first kappa shape index (κ1) is 19.7. The molecule has 0 saturated carbocycles. The first-order valence-electron chi connectivity index (χ1n) is 9.01. The summed E-state index contributed by atoms with van der Waals surface area (Å²) in [6.07, 6.45) is 0. The summed E-state index contributed by atoms with van der Waals surface area (Å²) in [5.41, 5.74) is 3.06. The lowest BCUT2D eigenvalue weighted by Crippen LogP contribution is -2.50. The minimum atomic E-state index is -0.783. The lowest BCUT2D eigenvalue weighted by Gasteiger charge is -2.32. The molecule has 2 heterocycles. The molecule has 29 heavy (non-hydrogen) atoms. The Hall–Kier alpha value is -2.64. The number of fused-ring (bicyclic) bond motifs is 1. The van der Waals surface area contributed by atoms with Gasteiger partial charge in [-0.3, -0.25) is 14.3 Å². The average molecular weight is 474 g/mol. The van der Waals surface area contributed by atoms with Gasteiger partial charge in [-0.05, 0) is 48.9 Å². The van der Waals surface area contributed by atoms with E-state index < -0.39 is 6.04 Å². The molecule has 6 nitrogen and oxygen atoms in total. The highest BCUT2D eigenvalue weighted by Crippen LogP contribution is 2.39. The van der Waals surface area contributed by atoms with Gasteiger partial charge in [0.2, 0.25) is 5.91 Å². The Balaban J connectivity index is 1.77. The topological polar surface area (TPSA) is 76.0 Å². The van der Waals surface area contributed by atoms with Crippen LogP contribution in [0.15, 0.2) is 53.0 Å². The van der Waals surface area contributed by atoms with Crippen LogP contribution in [0.1, 0.15) is 33.1 Å². The fraction of sp³-hybridized carbons (Fsp3) is 0.190. The van der Waals surface area contributed by atoms with E-state index >= 15 is 0 Å². The second kappa shape index (κ2) is 7.65.